The van der Waals surface area contributed by atoms with E-state index in [0.29, 0.717) is 17.7 Å². The molecule has 2 rings (SSSR count). The second-order valence-corrected chi connectivity index (χ2v) is 4.81. The average molecular weight is 243 g/mol. The smallest absolute Gasteiger partial charge is 0.294 e. The van der Waals surface area contributed by atoms with Gasteiger partial charge in [0.25, 0.3) is 5.19 Å². The molecule has 0 aliphatic carbocycles. The fraction of sp³-hybridized carbons (Fsp3) is 0.800. The van der Waals surface area contributed by atoms with E-state index in [4.69, 9.17) is 9.47 Å². The van der Waals surface area contributed by atoms with Gasteiger partial charge in [-0.15, -0.1) is 10.2 Å². The first-order valence-electron chi connectivity index (χ1n) is 5.62. The zero-order chi connectivity index (χ0) is 11.2. The molecule has 0 amide bonds. The van der Waals surface area contributed by atoms with Crippen molar-refractivity contribution < 1.29 is 9.47 Å². The first kappa shape index (κ1) is 11.8. The Morgan fingerprint density at radius 3 is 3.25 bits per heavy atom. The fourth-order valence-electron chi connectivity index (χ4n) is 1.50. The van der Waals surface area contributed by atoms with E-state index in [1.165, 1.54) is 11.3 Å². The van der Waals surface area contributed by atoms with E-state index < -0.39 is 0 Å². The molecule has 0 bridgehead atoms. The molecule has 0 aromatic carbocycles. The van der Waals surface area contributed by atoms with Crippen molar-refractivity contribution in [3.8, 4) is 5.19 Å². The van der Waals surface area contributed by atoms with Crippen molar-refractivity contribution in [3.05, 3.63) is 5.01 Å². The molecule has 0 spiro atoms. The van der Waals surface area contributed by atoms with Gasteiger partial charge in [0.2, 0.25) is 0 Å². The molecule has 1 aromatic heterocycles. The lowest BCUT2D eigenvalue weighted by molar-refractivity contribution is 0.166. The minimum Gasteiger partial charge on any atom is -0.469 e. The number of aromatic nitrogens is 2. The van der Waals surface area contributed by atoms with E-state index in [9.17, 15) is 0 Å². The normalized spacial score (nSPS) is 20.2. The van der Waals surface area contributed by atoms with Gasteiger partial charge in [-0.2, -0.15) is 0 Å². The predicted octanol–water partition coefficient (Wildman–Crippen LogP) is 1.06. The van der Waals surface area contributed by atoms with E-state index >= 15 is 0 Å². The van der Waals surface area contributed by atoms with Crippen LogP contribution in [0.2, 0.25) is 0 Å². The Labute approximate surface area is 99.2 Å². The van der Waals surface area contributed by atoms with E-state index in [2.05, 4.69) is 22.4 Å². The van der Waals surface area contributed by atoms with Gasteiger partial charge in [-0.25, -0.2) is 0 Å². The van der Waals surface area contributed by atoms with E-state index in [1.54, 1.807) is 0 Å². The lowest BCUT2D eigenvalue weighted by atomic mass is 10.1. The fourth-order valence-corrected chi connectivity index (χ4v) is 2.17. The van der Waals surface area contributed by atoms with Crippen molar-refractivity contribution in [2.24, 2.45) is 5.92 Å². The molecule has 16 heavy (non-hydrogen) atoms. The maximum atomic E-state index is 5.59. The molecule has 1 saturated heterocycles. The minimum absolute atomic E-state index is 0.515. The summed E-state index contributed by atoms with van der Waals surface area (Å²) in [4.78, 5) is 0. The molecule has 0 saturated carbocycles. The van der Waals surface area contributed by atoms with Crippen LogP contribution in [-0.2, 0) is 11.3 Å². The molecule has 6 heteroatoms. The molecule has 1 fully saturated rings. The molecule has 1 unspecified atom stereocenters. The van der Waals surface area contributed by atoms with Gasteiger partial charge in [-0.1, -0.05) is 18.3 Å². The Bertz CT molecular complexity index is 313. The van der Waals surface area contributed by atoms with E-state index in [1.807, 2.05) is 0 Å². The van der Waals surface area contributed by atoms with Gasteiger partial charge in [0.15, 0.2) is 0 Å². The van der Waals surface area contributed by atoms with Crippen molar-refractivity contribution in [2.75, 3.05) is 26.4 Å². The van der Waals surface area contributed by atoms with Gasteiger partial charge >= 0.3 is 0 Å². The highest BCUT2D eigenvalue weighted by Gasteiger charge is 2.17. The lowest BCUT2D eigenvalue weighted by Gasteiger charge is -2.06. The zero-order valence-electron chi connectivity index (χ0n) is 9.44. The van der Waals surface area contributed by atoms with Gasteiger partial charge in [-0.3, -0.25) is 0 Å². The maximum absolute atomic E-state index is 5.59. The molecular weight excluding hydrogens is 226 g/mol. The Morgan fingerprint density at radius 1 is 1.56 bits per heavy atom. The molecule has 1 N–H and O–H groups in total. The predicted molar refractivity (Wildman–Crippen MR) is 61.7 cm³/mol. The van der Waals surface area contributed by atoms with Crippen LogP contribution in [0.1, 0.15) is 18.4 Å². The lowest BCUT2D eigenvalue weighted by Crippen LogP contribution is -2.11. The number of ether oxygens (including phenoxy) is 2. The second kappa shape index (κ2) is 6.12. The molecule has 2 heterocycles. The van der Waals surface area contributed by atoms with Gasteiger partial charge in [-0.05, 0) is 13.0 Å². The summed E-state index contributed by atoms with van der Waals surface area (Å²) in [5.41, 5.74) is 0. The number of rotatable bonds is 6. The highest BCUT2D eigenvalue weighted by Crippen LogP contribution is 2.20. The van der Waals surface area contributed by atoms with Crippen molar-refractivity contribution in [2.45, 2.75) is 19.9 Å². The van der Waals surface area contributed by atoms with Gasteiger partial charge < -0.3 is 14.8 Å². The summed E-state index contributed by atoms with van der Waals surface area (Å²) in [5, 5.41) is 12.9. The number of nitrogens with zero attached hydrogens (tertiary/aromatic N) is 2. The molecule has 0 radical (unpaired) electrons. The molecular formula is C10H17N3O2S. The third-order valence-electron chi connectivity index (χ3n) is 2.44. The van der Waals surface area contributed by atoms with E-state index in [-0.39, 0.29) is 0 Å². The highest BCUT2D eigenvalue weighted by atomic mass is 32.1. The number of nitrogens with one attached hydrogen (secondary N) is 1. The summed E-state index contributed by atoms with van der Waals surface area (Å²) in [6.45, 7) is 6.13. The van der Waals surface area contributed by atoms with Crippen LogP contribution in [0.3, 0.4) is 0 Å². The Hall–Kier alpha value is -0.720. The SMILES string of the molecule is CCNCc1nnc(OCC2CCOC2)s1. The van der Waals surface area contributed by atoms with Gasteiger partial charge in [0, 0.05) is 19.1 Å². The second-order valence-electron chi connectivity index (χ2n) is 3.78. The molecule has 5 nitrogen and oxygen atoms in total. The average Bonchev–Trinajstić information content (AvgIpc) is 2.95. The van der Waals surface area contributed by atoms with Crippen molar-refractivity contribution in [1.82, 2.24) is 15.5 Å². The summed E-state index contributed by atoms with van der Waals surface area (Å²) < 4.78 is 10.9. The monoisotopic (exact) mass is 243 g/mol. The summed E-state index contributed by atoms with van der Waals surface area (Å²) in [5.74, 6) is 0.515. The van der Waals surface area contributed by atoms with Gasteiger partial charge in [0.05, 0.1) is 13.2 Å². The third kappa shape index (κ3) is 3.40. The zero-order valence-corrected chi connectivity index (χ0v) is 10.3. The Kier molecular flexibility index (Phi) is 4.50. The summed E-state index contributed by atoms with van der Waals surface area (Å²) in [7, 11) is 0. The molecule has 1 atom stereocenters. The maximum Gasteiger partial charge on any atom is 0.294 e. The summed E-state index contributed by atoms with van der Waals surface area (Å²) in [6.07, 6.45) is 1.09. The number of hydrogen-bond acceptors (Lipinski definition) is 6. The van der Waals surface area contributed by atoms with Crippen LogP contribution >= 0.6 is 11.3 Å². The number of hydrogen-bond donors (Lipinski definition) is 1. The van der Waals surface area contributed by atoms with Crippen LogP contribution in [-0.4, -0.2) is 36.6 Å². The van der Waals surface area contributed by atoms with Gasteiger partial charge in [0.1, 0.15) is 5.01 Å². The topological polar surface area (TPSA) is 56.3 Å². The van der Waals surface area contributed by atoms with Crippen LogP contribution < -0.4 is 10.1 Å². The van der Waals surface area contributed by atoms with Crippen molar-refractivity contribution >= 4 is 11.3 Å². The van der Waals surface area contributed by atoms with Crippen LogP contribution in [0.15, 0.2) is 0 Å². The molecule has 90 valence electrons. The standard InChI is InChI=1S/C10H17N3O2S/c1-2-11-5-9-12-13-10(16-9)15-7-8-3-4-14-6-8/h8,11H,2-7H2,1H3. The molecule has 1 aliphatic heterocycles. The van der Waals surface area contributed by atoms with Crippen LogP contribution in [0.4, 0.5) is 0 Å². The molecule has 1 aliphatic rings. The quantitative estimate of drug-likeness (QED) is 0.809. The van der Waals surface area contributed by atoms with Crippen LogP contribution in [0, 0.1) is 5.92 Å². The summed E-state index contributed by atoms with van der Waals surface area (Å²) >= 11 is 1.51. The van der Waals surface area contributed by atoms with Crippen molar-refractivity contribution in [3.63, 3.8) is 0 Å². The minimum atomic E-state index is 0.515. The Morgan fingerprint density at radius 2 is 2.50 bits per heavy atom. The summed E-state index contributed by atoms with van der Waals surface area (Å²) in [6, 6.07) is 0. The van der Waals surface area contributed by atoms with E-state index in [0.717, 1.165) is 37.7 Å². The largest absolute Gasteiger partial charge is 0.469 e. The molecule has 1 aromatic rings. The van der Waals surface area contributed by atoms with Crippen LogP contribution in [0.25, 0.3) is 0 Å². The Balaban J connectivity index is 1.73. The highest BCUT2D eigenvalue weighted by molar-refractivity contribution is 7.13. The first-order chi connectivity index (χ1) is 7.88. The van der Waals surface area contributed by atoms with Crippen molar-refractivity contribution in [1.29, 1.82) is 0 Å². The van der Waals surface area contributed by atoms with Crippen LogP contribution in [0.5, 0.6) is 5.19 Å². The first-order valence-corrected chi connectivity index (χ1v) is 6.43. The third-order valence-corrected chi connectivity index (χ3v) is 3.28.